The predicted molar refractivity (Wildman–Crippen MR) is 118 cm³/mol. The molecule has 1 heterocycles. The van der Waals surface area contributed by atoms with Crippen LogP contribution in [0.2, 0.25) is 0 Å². The SMILES string of the molecule is CCN(CC)S(=O)(=O)c1cc(C(=O)NC2CCN(CC=C(C)C)CC2)ccc1C. The highest BCUT2D eigenvalue weighted by atomic mass is 32.2. The van der Waals surface area contributed by atoms with Crippen LogP contribution in [0.25, 0.3) is 0 Å². The van der Waals surface area contributed by atoms with Crippen molar-refractivity contribution in [2.24, 2.45) is 0 Å². The molecule has 1 N–H and O–H groups in total. The number of rotatable bonds is 8. The number of hydrogen-bond donors (Lipinski definition) is 1. The summed E-state index contributed by atoms with van der Waals surface area (Å²) in [4.78, 5) is 15.4. The molecule has 1 amide bonds. The van der Waals surface area contributed by atoms with E-state index in [1.165, 1.54) is 15.9 Å². The Bertz CT molecular complexity index is 833. The molecule has 7 heteroatoms. The summed E-state index contributed by atoms with van der Waals surface area (Å²) in [5.41, 5.74) is 2.37. The Labute approximate surface area is 176 Å². The quantitative estimate of drug-likeness (QED) is 0.655. The number of carbonyl (C=O) groups is 1. The normalized spacial score (nSPS) is 16.1. The first-order chi connectivity index (χ1) is 13.7. The number of likely N-dealkylation sites (tertiary alicyclic amines) is 1. The Morgan fingerprint density at radius 2 is 1.83 bits per heavy atom. The molecule has 1 aromatic carbocycles. The summed E-state index contributed by atoms with van der Waals surface area (Å²) < 4.78 is 27.2. The van der Waals surface area contributed by atoms with Gasteiger partial charge in [0.05, 0.1) is 4.90 Å². The van der Waals surface area contributed by atoms with E-state index in [0.29, 0.717) is 24.2 Å². The van der Waals surface area contributed by atoms with E-state index >= 15 is 0 Å². The number of piperidine rings is 1. The summed E-state index contributed by atoms with van der Waals surface area (Å²) in [6.07, 6.45) is 4.03. The van der Waals surface area contributed by atoms with Crippen LogP contribution in [0.3, 0.4) is 0 Å². The molecule has 0 unspecified atom stereocenters. The summed E-state index contributed by atoms with van der Waals surface area (Å²) in [7, 11) is -3.60. The first-order valence-electron chi connectivity index (χ1n) is 10.5. The number of aryl methyl sites for hydroxylation is 1. The second-order valence-corrected chi connectivity index (χ2v) is 9.81. The largest absolute Gasteiger partial charge is 0.349 e. The summed E-state index contributed by atoms with van der Waals surface area (Å²) >= 11 is 0. The maximum Gasteiger partial charge on any atom is 0.251 e. The van der Waals surface area contributed by atoms with Crippen LogP contribution in [0.4, 0.5) is 0 Å². The fraction of sp³-hybridized carbons (Fsp3) is 0.591. The van der Waals surface area contributed by atoms with E-state index in [-0.39, 0.29) is 16.8 Å². The molecule has 0 spiro atoms. The van der Waals surface area contributed by atoms with Crippen molar-refractivity contribution in [3.05, 3.63) is 41.0 Å². The Balaban J connectivity index is 2.06. The van der Waals surface area contributed by atoms with Gasteiger partial charge in [-0.3, -0.25) is 9.69 Å². The molecule has 1 fully saturated rings. The highest BCUT2D eigenvalue weighted by Crippen LogP contribution is 2.22. The average Bonchev–Trinajstić information content (AvgIpc) is 2.68. The number of hydrogen-bond acceptors (Lipinski definition) is 4. The lowest BCUT2D eigenvalue weighted by atomic mass is 10.0. The van der Waals surface area contributed by atoms with Crippen LogP contribution in [0.15, 0.2) is 34.7 Å². The average molecular weight is 422 g/mol. The first-order valence-corrected chi connectivity index (χ1v) is 11.9. The Morgan fingerprint density at radius 1 is 1.21 bits per heavy atom. The molecule has 0 radical (unpaired) electrons. The first kappa shape index (κ1) is 23.6. The topological polar surface area (TPSA) is 69.7 Å². The van der Waals surface area contributed by atoms with Crippen molar-refractivity contribution in [3.8, 4) is 0 Å². The Hall–Kier alpha value is -1.70. The molecule has 6 nitrogen and oxygen atoms in total. The minimum atomic E-state index is -3.60. The van der Waals surface area contributed by atoms with E-state index < -0.39 is 10.0 Å². The molecule has 0 bridgehead atoms. The van der Waals surface area contributed by atoms with Gasteiger partial charge in [-0.05, 0) is 51.3 Å². The molecule has 0 aromatic heterocycles. The molecule has 1 aromatic rings. The molecule has 1 aliphatic rings. The van der Waals surface area contributed by atoms with Crippen molar-refractivity contribution in [3.63, 3.8) is 0 Å². The molecule has 0 saturated carbocycles. The second kappa shape index (κ2) is 10.4. The maximum atomic E-state index is 12.9. The zero-order chi connectivity index (χ0) is 21.6. The lowest BCUT2D eigenvalue weighted by Gasteiger charge is -2.31. The van der Waals surface area contributed by atoms with Gasteiger partial charge >= 0.3 is 0 Å². The Morgan fingerprint density at radius 3 is 2.38 bits per heavy atom. The summed E-state index contributed by atoms with van der Waals surface area (Å²) in [5, 5.41) is 3.09. The van der Waals surface area contributed by atoms with Gasteiger partial charge in [-0.25, -0.2) is 8.42 Å². The number of amides is 1. The molecule has 0 atom stereocenters. The summed E-state index contributed by atoms with van der Waals surface area (Å²) in [6.45, 7) is 13.3. The van der Waals surface area contributed by atoms with Crippen LogP contribution in [0.1, 0.15) is 56.5 Å². The number of benzene rings is 1. The maximum absolute atomic E-state index is 12.9. The minimum Gasteiger partial charge on any atom is -0.349 e. The van der Waals surface area contributed by atoms with Crippen molar-refractivity contribution < 1.29 is 13.2 Å². The van der Waals surface area contributed by atoms with Gasteiger partial charge in [0.1, 0.15) is 0 Å². The minimum absolute atomic E-state index is 0.120. The third kappa shape index (κ3) is 6.14. The van der Waals surface area contributed by atoms with E-state index in [2.05, 4.69) is 30.1 Å². The van der Waals surface area contributed by atoms with Gasteiger partial charge in [-0.15, -0.1) is 0 Å². The molecule has 29 heavy (non-hydrogen) atoms. The van der Waals surface area contributed by atoms with Gasteiger partial charge in [-0.1, -0.05) is 31.6 Å². The fourth-order valence-corrected chi connectivity index (χ4v) is 5.27. The van der Waals surface area contributed by atoms with Crippen molar-refractivity contribution >= 4 is 15.9 Å². The van der Waals surface area contributed by atoms with Gasteiger partial charge in [0.15, 0.2) is 0 Å². The fourth-order valence-electron chi connectivity index (χ4n) is 3.56. The van der Waals surface area contributed by atoms with Gasteiger partial charge in [0, 0.05) is 44.3 Å². The highest BCUT2D eigenvalue weighted by molar-refractivity contribution is 7.89. The van der Waals surface area contributed by atoms with Gasteiger partial charge < -0.3 is 5.32 Å². The molecule has 1 saturated heterocycles. The van der Waals surface area contributed by atoms with E-state index in [4.69, 9.17) is 0 Å². The monoisotopic (exact) mass is 421 g/mol. The van der Waals surface area contributed by atoms with Crippen LogP contribution >= 0.6 is 0 Å². The Kier molecular flexibility index (Phi) is 8.43. The van der Waals surface area contributed by atoms with Crippen LogP contribution in [0, 0.1) is 6.92 Å². The third-order valence-electron chi connectivity index (χ3n) is 5.45. The van der Waals surface area contributed by atoms with Crippen molar-refractivity contribution in [1.82, 2.24) is 14.5 Å². The number of carbonyl (C=O) groups excluding carboxylic acids is 1. The zero-order valence-corrected chi connectivity index (χ0v) is 19.2. The summed E-state index contributed by atoms with van der Waals surface area (Å²) in [5.74, 6) is -0.205. The third-order valence-corrected chi connectivity index (χ3v) is 7.65. The van der Waals surface area contributed by atoms with Gasteiger partial charge in [0.25, 0.3) is 5.91 Å². The van der Waals surface area contributed by atoms with Crippen molar-refractivity contribution in [2.75, 3.05) is 32.7 Å². The lowest BCUT2D eigenvalue weighted by molar-refractivity contribution is 0.0914. The van der Waals surface area contributed by atoms with Crippen molar-refractivity contribution in [2.45, 2.75) is 58.4 Å². The molecule has 1 aliphatic heterocycles. The van der Waals surface area contributed by atoms with E-state index in [1.807, 2.05) is 13.8 Å². The van der Waals surface area contributed by atoms with Gasteiger partial charge in [-0.2, -0.15) is 4.31 Å². The van der Waals surface area contributed by atoms with Crippen molar-refractivity contribution in [1.29, 1.82) is 0 Å². The van der Waals surface area contributed by atoms with E-state index in [9.17, 15) is 13.2 Å². The molecule has 162 valence electrons. The standard InChI is InChI=1S/C22H35N3O3S/c1-6-25(7-2)29(27,28)21-16-19(9-8-18(21)5)22(26)23-20-11-14-24(15-12-20)13-10-17(3)4/h8-10,16,20H,6-7,11-15H2,1-5H3,(H,23,26). The molecule has 0 aliphatic carbocycles. The van der Waals surface area contributed by atoms with Crippen LogP contribution in [-0.4, -0.2) is 62.3 Å². The second-order valence-electron chi connectivity index (χ2n) is 7.90. The number of nitrogens with one attached hydrogen (secondary N) is 1. The highest BCUT2D eigenvalue weighted by Gasteiger charge is 2.26. The van der Waals surface area contributed by atoms with Crippen LogP contribution in [-0.2, 0) is 10.0 Å². The zero-order valence-electron chi connectivity index (χ0n) is 18.4. The number of sulfonamides is 1. The van der Waals surface area contributed by atoms with Crippen LogP contribution in [0.5, 0.6) is 0 Å². The molecule has 2 rings (SSSR count). The van der Waals surface area contributed by atoms with Crippen LogP contribution < -0.4 is 5.32 Å². The number of allylic oxidation sites excluding steroid dienone is 1. The summed E-state index contributed by atoms with van der Waals surface area (Å²) in [6, 6.07) is 5.06. The van der Waals surface area contributed by atoms with E-state index in [0.717, 1.165) is 32.5 Å². The predicted octanol–water partition coefficient (Wildman–Crippen LogP) is 3.19. The lowest BCUT2D eigenvalue weighted by Crippen LogP contribution is -2.44. The van der Waals surface area contributed by atoms with Gasteiger partial charge in [0.2, 0.25) is 10.0 Å². The molecular formula is C22H35N3O3S. The van der Waals surface area contributed by atoms with E-state index in [1.54, 1.807) is 19.1 Å². The molecular weight excluding hydrogens is 386 g/mol. The number of nitrogens with zero attached hydrogens (tertiary/aromatic N) is 2. The smallest absolute Gasteiger partial charge is 0.251 e.